The summed E-state index contributed by atoms with van der Waals surface area (Å²) in [5.41, 5.74) is 0.821. The smallest absolute Gasteiger partial charge is 0.271 e. The van der Waals surface area contributed by atoms with Crippen LogP contribution in [0.2, 0.25) is 0 Å². The molecule has 4 aromatic rings. The molecule has 1 amide bonds. The number of thiophene rings is 1. The average Bonchev–Trinajstić information content (AvgIpc) is 3.34. The van der Waals surface area contributed by atoms with Crippen LogP contribution in [0.25, 0.3) is 10.8 Å². The van der Waals surface area contributed by atoms with E-state index >= 15 is 0 Å². The van der Waals surface area contributed by atoms with Gasteiger partial charge in [0.2, 0.25) is 0 Å². The zero-order valence-electron chi connectivity index (χ0n) is 17.3. The summed E-state index contributed by atoms with van der Waals surface area (Å²) in [4.78, 5) is 13.2. The Hall–Kier alpha value is -3.56. The van der Waals surface area contributed by atoms with Crippen molar-refractivity contribution in [3.63, 3.8) is 0 Å². The summed E-state index contributed by atoms with van der Waals surface area (Å²) in [5, 5.41) is 6.09. The second kappa shape index (κ2) is 8.89. The van der Waals surface area contributed by atoms with Gasteiger partial charge in [0.1, 0.15) is 15.7 Å². The summed E-state index contributed by atoms with van der Waals surface area (Å²) in [5.74, 6) is 0.545. The third-order valence-corrected chi connectivity index (χ3v) is 7.51. The standard InChI is InChI=1S/C23H20N2O5S2/c1-29-18-12-17(13-19(14-18)30-2)24-23(26)20-10-15-6-3-4-7-16(15)11-21(20)25-32(27,28)22-8-5-9-31-22/h3-14,25H,1-2H3,(H,24,26). The Morgan fingerprint density at radius 1 is 0.875 bits per heavy atom. The monoisotopic (exact) mass is 468 g/mol. The lowest BCUT2D eigenvalue weighted by molar-refractivity contribution is 0.102. The lowest BCUT2D eigenvalue weighted by atomic mass is 10.0. The number of carbonyl (C=O) groups excluding carboxylic acids is 1. The van der Waals surface area contributed by atoms with Crippen LogP contribution in [-0.4, -0.2) is 28.5 Å². The Kier molecular flexibility index (Phi) is 6.02. The van der Waals surface area contributed by atoms with Gasteiger partial charge in [-0.2, -0.15) is 0 Å². The molecule has 0 saturated carbocycles. The van der Waals surface area contributed by atoms with Crippen molar-refractivity contribution in [2.24, 2.45) is 0 Å². The third-order valence-electron chi connectivity index (χ3n) is 4.74. The Labute approximate surface area is 189 Å². The molecule has 0 radical (unpaired) electrons. The number of amides is 1. The number of rotatable bonds is 7. The quantitative estimate of drug-likeness (QED) is 0.399. The van der Waals surface area contributed by atoms with E-state index < -0.39 is 15.9 Å². The molecule has 164 valence electrons. The summed E-state index contributed by atoms with van der Waals surface area (Å²) in [6, 6.07) is 18.9. The van der Waals surface area contributed by atoms with E-state index in [9.17, 15) is 13.2 Å². The maximum atomic E-state index is 13.2. The second-order valence-electron chi connectivity index (χ2n) is 6.84. The van der Waals surface area contributed by atoms with Gasteiger partial charge in [-0.15, -0.1) is 11.3 Å². The van der Waals surface area contributed by atoms with E-state index in [1.54, 1.807) is 41.8 Å². The molecular weight excluding hydrogens is 448 g/mol. The normalized spacial score (nSPS) is 11.2. The number of sulfonamides is 1. The van der Waals surface area contributed by atoms with Crippen molar-refractivity contribution in [3.8, 4) is 11.5 Å². The molecule has 3 aromatic carbocycles. The van der Waals surface area contributed by atoms with Gasteiger partial charge < -0.3 is 14.8 Å². The number of methoxy groups -OCH3 is 2. The van der Waals surface area contributed by atoms with E-state index in [0.29, 0.717) is 17.2 Å². The first kappa shape index (κ1) is 21.7. The summed E-state index contributed by atoms with van der Waals surface area (Å²) < 4.78 is 38.9. The van der Waals surface area contributed by atoms with Crippen LogP contribution in [0.15, 0.2) is 76.3 Å². The summed E-state index contributed by atoms with van der Waals surface area (Å²) in [6.07, 6.45) is 0. The highest BCUT2D eigenvalue weighted by atomic mass is 32.2. The average molecular weight is 469 g/mol. The molecule has 0 fully saturated rings. The summed E-state index contributed by atoms with van der Waals surface area (Å²) in [7, 11) is -0.810. The fourth-order valence-corrected chi connectivity index (χ4v) is 5.27. The number of fused-ring (bicyclic) bond motifs is 1. The fraction of sp³-hybridized carbons (Fsp3) is 0.0870. The molecule has 0 saturated heterocycles. The van der Waals surface area contributed by atoms with Gasteiger partial charge in [0.25, 0.3) is 15.9 Å². The SMILES string of the molecule is COc1cc(NC(=O)c2cc3ccccc3cc2NS(=O)(=O)c2cccs2)cc(OC)c1. The number of hydrogen-bond acceptors (Lipinski definition) is 6. The molecule has 7 nitrogen and oxygen atoms in total. The molecule has 4 rings (SSSR count). The van der Waals surface area contributed by atoms with Crippen LogP contribution in [0.5, 0.6) is 11.5 Å². The van der Waals surface area contributed by atoms with Crippen molar-refractivity contribution in [1.29, 1.82) is 0 Å². The van der Waals surface area contributed by atoms with Gasteiger partial charge in [-0.1, -0.05) is 30.3 Å². The van der Waals surface area contributed by atoms with Crippen molar-refractivity contribution < 1.29 is 22.7 Å². The first-order valence-electron chi connectivity index (χ1n) is 9.53. The number of hydrogen-bond donors (Lipinski definition) is 2. The molecule has 0 spiro atoms. The molecule has 1 heterocycles. The van der Waals surface area contributed by atoms with Crippen LogP contribution in [0, 0.1) is 0 Å². The highest BCUT2D eigenvalue weighted by Crippen LogP contribution is 2.30. The van der Waals surface area contributed by atoms with Crippen LogP contribution >= 0.6 is 11.3 Å². The molecule has 0 aliphatic carbocycles. The first-order chi connectivity index (χ1) is 15.4. The van der Waals surface area contributed by atoms with E-state index in [0.717, 1.165) is 22.1 Å². The van der Waals surface area contributed by atoms with Crippen LogP contribution in [-0.2, 0) is 10.0 Å². The number of carbonyl (C=O) groups is 1. The van der Waals surface area contributed by atoms with E-state index in [1.807, 2.05) is 24.3 Å². The Morgan fingerprint density at radius 2 is 1.53 bits per heavy atom. The van der Waals surface area contributed by atoms with Gasteiger partial charge >= 0.3 is 0 Å². The van der Waals surface area contributed by atoms with E-state index in [2.05, 4.69) is 10.0 Å². The minimum atomic E-state index is -3.84. The molecule has 9 heteroatoms. The van der Waals surface area contributed by atoms with E-state index in [4.69, 9.17) is 9.47 Å². The number of ether oxygens (including phenoxy) is 2. The van der Waals surface area contributed by atoms with Gasteiger partial charge in [0.05, 0.1) is 25.5 Å². The Bertz CT molecular complexity index is 1360. The Morgan fingerprint density at radius 3 is 2.12 bits per heavy atom. The largest absolute Gasteiger partial charge is 0.497 e. The fourth-order valence-electron chi connectivity index (χ4n) is 3.20. The molecule has 32 heavy (non-hydrogen) atoms. The van der Waals surface area contributed by atoms with Crippen LogP contribution < -0.4 is 19.5 Å². The zero-order valence-corrected chi connectivity index (χ0v) is 18.9. The molecule has 1 aromatic heterocycles. The van der Waals surface area contributed by atoms with Crippen molar-refractivity contribution in [2.45, 2.75) is 4.21 Å². The number of nitrogens with one attached hydrogen (secondary N) is 2. The topological polar surface area (TPSA) is 93.7 Å². The van der Waals surface area contributed by atoms with Crippen LogP contribution in [0.3, 0.4) is 0 Å². The molecule has 0 atom stereocenters. The predicted molar refractivity (Wildman–Crippen MR) is 127 cm³/mol. The third kappa shape index (κ3) is 4.53. The summed E-state index contributed by atoms with van der Waals surface area (Å²) in [6.45, 7) is 0. The minimum absolute atomic E-state index is 0.162. The highest BCUT2D eigenvalue weighted by molar-refractivity contribution is 7.94. The van der Waals surface area contributed by atoms with Crippen LogP contribution in [0.4, 0.5) is 11.4 Å². The molecule has 2 N–H and O–H groups in total. The predicted octanol–water partition coefficient (Wildman–Crippen LogP) is 4.97. The van der Waals surface area contributed by atoms with Gasteiger partial charge in [-0.3, -0.25) is 9.52 Å². The molecule has 0 aliphatic rings. The summed E-state index contributed by atoms with van der Waals surface area (Å²) >= 11 is 1.10. The van der Waals surface area contributed by atoms with Gasteiger partial charge in [-0.25, -0.2) is 8.42 Å². The first-order valence-corrected chi connectivity index (χ1v) is 11.9. The lowest BCUT2D eigenvalue weighted by Gasteiger charge is -2.15. The minimum Gasteiger partial charge on any atom is -0.497 e. The Balaban J connectivity index is 1.75. The van der Waals surface area contributed by atoms with Gasteiger partial charge in [0.15, 0.2) is 0 Å². The van der Waals surface area contributed by atoms with Crippen molar-refractivity contribution in [2.75, 3.05) is 24.3 Å². The maximum Gasteiger partial charge on any atom is 0.271 e. The van der Waals surface area contributed by atoms with Crippen molar-refractivity contribution >= 4 is 49.4 Å². The highest BCUT2D eigenvalue weighted by Gasteiger charge is 2.21. The van der Waals surface area contributed by atoms with E-state index in [-0.39, 0.29) is 15.5 Å². The lowest BCUT2D eigenvalue weighted by Crippen LogP contribution is -2.18. The van der Waals surface area contributed by atoms with Gasteiger partial charge in [0, 0.05) is 23.9 Å². The second-order valence-corrected chi connectivity index (χ2v) is 9.69. The van der Waals surface area contributed by atoms with Crippen molar-refractivity contribution in [1.82, 2.24) is 0 Å². The maximum absolute atomic E-state index is 13.2. The van der Waals surface area contributed by atoms with Crippen molar-refractivity contribution in [3.05, 3.63) is 77.7 Å². The van der Waals surface area contributed by atoms with Gasteiger partial charge in [-0.05, 0) is 34.4 Å². The molecule has 0 bridgehead atoms. The number of benzene rings is 3. The molecule has 0 aliphatic heterocycles. The molecule has 0 unspecified atom stereocenters. The van der Waals surface area contributed by atoms with E-state index in [1.165, 1.54) is 20.3 Å². The molecular formula is C23H20N2O5S2. The number of anilines is 2. The zero-order chi connectivity index (χ0) is 22.7. The van der Waals surface area contributed by atoms with Crippen LogP contribution in [0.1, 0.15) is 10.4 Å².